The maximum atomic E-state index is 12.9. The van der Waals surface area contributed by atoms with Crippen LogP contribution in [-0.2, 0) is 0 Å². The van der Waals surface area contributed by atoms with E-state index >= 15 is 0 Å². The Morgan fingerprint density at radius 3 is 2.75 bits per heavy atom. The summed E-state index contributed by atoms with van der Waals surface area (Å²) in [6, 6.07) is 4.75. The zero-order valence-corrected chi connectivity index (χ0v) is 7.98. The number of hydrogen-bond donors (Lipinski definition) is 2. The minimum atomic E-state index is -1.24. The molecule has 5 nitrogen and oxygen atoms in total. The average molecular weight is 222 g/mol. The van der Waals surface area contributed by atoms with Gasteiger partial charge in [0.1, 0.15) is 11.5 Å². The van der Waals surface area contributed by atoms with Crippen LogP contribution in [0, 0.1) is 5.82 Å². The second-order valence-electron chi connectivity index (χ2n) is 3.11. The number of rotatable bonds is 2. The van der Waals surface area contributed by atoms with Gasteiger partial charge in [0.25, 0.3) is 0 Å². The first-order valence-corrected chi connectivity index (χ1v) is 4.33. The SMILES string of the molecule is Nc1cc(-c2ccc(F)cc2C(=O)O)no1. The Bertz CT molecular complexity index is 551. The van der Waals surface area contributed by atoms with Gasteiger partial charge < -0.3 is 15.4 Å². The van der Waals surface area contributed by atoms with Crippen molar-refractivity contribution < 1.29 is 18.8 Å². The van der Waals surface area contributed by atoms with Crippen LogP contribution < -0.4 is 5.73 Å². The van der Waals surface area contributed by atoms with Gasteiger partial charge in [-0.25, -0.2) is 9.18 Å². The Hall–Kier alpha value is -2.37. The average Bonchev–Trinajstić information content (AvgIpc) is 2.64. The quantitative estimate of drug-likeness (QED) is 0.808. The number of nitrogen functional groups attached to an aromatic ring is 1. The van der Waals surface area contributed by atoms with E-state index in [1.807, 2.05) is 0 Å². The lowest BCUT2D eigenvalue weighted by Gasteiger charge is -2.01. The van der Waals surface area contributed by atoms with Gasteiger partial charge in [0.2, 0.25) is 5.88 Å². The van der Waals surface area contributed by atoms with Crippen LogP contribution in [0.3, 0.4) is 0 Å². The number of anilines is 1. The van der Waals surface area contributed by atoms with Crippen LogP contribution in [0.4, 0.5) is 10.3 Å². The maximum Gasteiger partial charge on any atom is 0.336 e. The lowest BCUT2D eigenvalue weighted by atomic mass is 10.0. The van der Waals surface area contributed by atoms with E-state index in [4.69, 9.17) is 10.8 Å². The summed E-state index contributed by atoms with van der Waals surface area (Å²) in [5, 5.41) is 12.5. The number of nitrogens with two attached hydrogens (primary N) is 1. The van der Waals surface area contributed by atoms with Crippen LogP contribution >= 0.6 is 0 Å². The highest BCUT2D eigenvalue weighted by molar-refractivity contribution is 5.95. The van der Waals surface area contributed by atoms with E-state index in [0.29, 0.717) is 0 Å². The number of carboxylic acid groups (broad SMARTS) is 1. The fourth-order valence-corrected chi connectivity index (χ4v) is 1.33. The monoisotopic (exact) mass is 222 g/mol. The maximum absolute atomic E-state index is 12.9. The van der Waals surface area contributed by atoms with Gasteiger partial charge >= 0.3 is 5.97 Å². The van der Waals surface area contributed by atoms with Gasteiger partial charge in [0.05, 0.1) is 5.56 Å². The highest BCUT2D eigenvalue weighted by Crippen LogP contribution is 2.25. The molecule has 3 N–H and O–H groups in total. The van der Waals surface area contributed by atoms with Crippen molar-refractivity contribution in [3.8, 4) is 11.3 Å². The van der Waals surface area contributed by atoms with E-state index < -0.39 is 11.8 Å². The summed E-state index contributed by atoms with van der Waals surface area (Å²) < 4.78 is 17.5. The number of aromatic carboxylic acids is 1. The van der Waals surface area contributed by atoms with Gasteiger partial charge in [-0.2, -0.15) is 0 Å². The summed E-state index contributed by atoms with van der Waals surface area (Å²) in [5.74, 6) is -1.80. The molecule has 0 fully saturated rings. The fourth-order valence-electron chi connectivity index (χ4n) is 1.33. The largest absolute Gasteiger partial charge is 0.478 e. The molecule has 82 valence electrons. The molecule has 1 aromatic carbocycles. The van der Waals surface area contributed by atoms with Crippen molar-refractivity contribution in [2.24, 2.45) is 0 Å². The second-order valence-corrected chi connectivity index (χ2v) is 3.11. The molecule has 16 heavy (non-hydrogen) atoms. The molecule has 0 aliphatic rings. The normalized spacial score (nSPS) is 10.3. The molecule has 0 atom stereocenters. The predicted molar refractivity (Wildman–Crippen MR) is 53.3 cm³/mol. The fraction of sp³-hybridized carbons (Fsp3) is 0. The molecule has 0 bridgehead atoms. The number of hydrogen-bond acceptors (Lipinski definition) is 4. The van der Waals surface area contributed by atoms with Gasteiger partial charge in [0.15, 0.2) is 0 Å². The van der Waals surface area contributed by atoms with Crippen LogP contribution in [0.1, 0.15) is 10.4 Å². The Kier molecular flexibility index (Phi) is 2.32. The van der Waals surface area contributed by atoms with Crippen LogP contribution in [0.15, 0.2) is 28.8 Å². The Morgan fingerprint density at radius 2 is 2.19 bits per heavy atom. The summed E-state index contributed by atoms with van der Waals surface area (Å²) in [5.41, 5.74) is 5.65. The third-order valence-corrected chi connectivity index (χ3v) is 2.02. The molecule has 0 aliphatic heterocycles. The number of nitrogens with zero attached hydrogens (tertiary/aromatic N) is 1. The van der Waals surface area contributed by atoms with Crippen molar-refractivity contribution in [2.45, 2.75) is 0 Å². The number of halogens is 1. The zero-order valence-electron chi connectivity index (χ0n) is 7.98. The van der Waals surface area contributed by atoms with Gasteiger partial charge in [-0.1, -0.05) is 5.16 Å². The van der Waals surface area contributed by atoms with Crippen molar-refractivity contribution >= 4 is 11.9 Å². The van der Waals surface area contributed by atoms with Crippen molar-refractivity contribution in [2.75, 3.05) is 5.73 Å². The molecule has 1 heterocycles. The molecule has 0 spiro atoms. The van der Waals surface area contributed by atoms with E-state index in [-0.39, 0.29) is 22.7 Å². The summed E-state index contributed by atoms with van der Waals surface area (Å²) in [6.07, 6.45) is 0. The van der Waals surface area contributed by atoms with Crippen molar-refractivity contribution in [1.82, 2.24) is 5.16 Å². The van der Waals surface area contributed by atoms with Crippen LogP contribution in [0.25, 0.3) is 11.3 Å². The van der Waals surface area contributed by atoms with Crippen molar-refractivity contribution in [3.05, 3.63) is 35.6 Å². The molecule has 0 amide bonds. The zero-order chi connectivity index (χ0) is 11.7. The predicted octanol–water partition coefficient (Wildman–Crippen LogP) is 1.76. The van der Waals surface area contributed by atoms with Gasteiger partial charge in [-0.15, -0.1) is 0 Å². The number of benzene rings is 1. The number of aromatic nitrogens is 1. The number of carbonyl (C=O) groups is 1. The lowest BCUT2D eigenvalue weighted by Crippen LogP contribution is -2.00. The third-order valence-electron chi connectivity index (χ3n) is 2.02. The van der Waals surface area contributed by atoms with Gasteiger partial charge in [-0.05, 0) is 18.2 Å². The molecule has 2 aromatic rings. The first-order valence-electron chi connectivity index (χ1n) is 4.33. The summed E-state index contributed by atoms with van der Waals surface area (Å²) in [7, 11) is 0. The molecular formula is C10H7FN2O3. The molecule has 2 rings (SSSR count). The molecule has 0 unspecified atom stereocenters. The van der Waals surface area contributed by atoms with Crippen molar-refractivity contribution in [1.29, 1.82) is 0 Å². The van der Waals surface area contributed by atoms with E-state index in [1.54, 1.807) is 0 Å². The summed E-state index contributed by atoms with van der Waals surface area (Å²) >= 11 is 0. The number of carboxylic acids is 1. The highest BCUT2D eigenvalue weighted by Gasteiger charge is 2.15. The Labute approximate surface area is 89.3 Å². The first-order chi connectivity index (χ1) is 7.58. The van der Waals surface area contributed by atoms with Crippen LogP contribution in [0.5, 0.6) is 0 Å². The van der Waals surface area contributed by atoms with Gasteiger partial charge in [0, 0.05) is 11.6 Å². The molecule has 0 radical (unpaired) electrons. The summed E-state index contributed by atoms with van der Waals surface area (Å²) in [4.78, 5) is 10.9. The lowest BCUT2D eigenvalue weighted by molar-refractivity contribution is 0.0697. The smallest absolute Gasteiger partial charge is 0.336 e. The first kappa shape index (κ1) is 10.2. The van der Waals surface area contributed by atoms with Gasteiger partial charge in [-0.3, -0.25) is 0 Å². The van der Waals surface area contributed by atoms with Crippen molar-refractivity contribution in [3.63, 3.8) is 0 Å². The minimum absolute atomic E-state index is 0.0654. The molecule has 0 saturated heterocycles. The minimum Gasteiger partial charge on any atom is -0.478 e. The van der Waals surface area contributed by atoms with E-state index in [9.17, 15) is 9.18 Å². The van der Waals surface area contributed by atoms with Crippen LogP contribution in [0.2, 0.25) is 0 Å². The molecular weight excluding hydrogens is 215 g/mol. The summed E-state index contributed by atoms with van der Waals surface area (Å²) in [6.45, 7) is 0. The topological polar surface area (TPSA) is 89.4 Å². The van der Waals surface area contributed by atoms with E-state index in [1.165, 1.54) is 12.1 Å². The molecule has 6 heteroatoms. The Morgan fingerprint density at radius 1 is 1.44 bits per heavy atom. The standard InChI is InChI=1S/C10H7FN2O3/c11-5-1-2-6(7(3-5)10(14)15)8-4-9(12)16-13-8/h1-4H,12H2,(H,14,15). The van der Waals surface area contributed by atoms with Crippen LogP contribution in [-0.4, -0.2) is 16.2 Å². The third kappa shape index (κ3) is 1.72. The molecule has 1 aromatic heterocycles. The molecule has 0 aliphatic carbocycles. The molecule has 0 saturated carbocycles. The second kappa shape index (κ2) is 3.65. The van der Waals surface area contributed by atoms with E-state index in [0.717, 1.165) is 12.1 Å². The van der Waals surface area contributed by atoms with E-state index in [2.05, 4.69) is 9.68 Å². The highest BCUT2D eigenvalue weighted by atomic mass is 19.1. The Balaban J connectivity index is 2.60.